The van der Waals surface area contributed by atoms with Gasteiger partial charge in [0.15, 0.2) is 0 Å². The van der Waals surface area contributed by atoms with Crippen molar-refractivity contribution in [2.24, 2.45) is 0 Å². The van der Waals surface area contributed by atoms with Gasteiger partial charge in [-0.25, -0.2) is 4.98 Å². The summed E-state index contributed by atoms with van der Waals surface area (Å²) in [5.74, 6) is -0.455. The van der Waals surface area contributed by atoms with Crippen LogP contribution < -0.4 is 0 Å². The van der Waals surface area contributed by atoms with E-state index in [2.05, 4.69) is 36.8 Å². The van der Waals surface area contributed by atoms with Gasteiger partial charge in [-0.2, -0.15) is 4.39 Å². The van der Waals surface area contributed by atoms with Gasteiger partial charge in [-0.1, -0.05) is 31.9 Å². The van der Waals surface area contributed by atoms with Crippen LogP contribution in [0.5, 0.6) is 0 Å². The lowest BCUT2D eigenvalue weighted by Gasteiger charge is -1.94. The summed E-state index contributed by atoms with van der Waals surface area (Å²) in [6, 6.07) is 3.09. The highest BCUT2D eigenvalue weighted by atomic mass is 79.9. The Kier molecular flexibility index (Phi) is 2.80. The Morgan fingerprint density at radius 3 is 2.70 bits per heavy atom. The van der Waals surface area contributed by atoms with Crippen LogP contribution in [-0.4, -0.2) is 4.98 Å². The van der Waals surface area contributed by atoms with Crippen molar-refractivity contribution in [3.05, 3.63) is 28.2 Å². The monoisotopic (exact) mass is 267 g/mol. The molecule has 1 aromatic rings. The highest BCUT2D eigenvalue weighted by molar-refractivity contribution is 9.10. The molecule has 10 heavy (non-hydrogen) atoms. The third-order valence-corrected chi connectivity index (χ3v) is 1.98. The molecule has 1 heterocycles. The van der Waals surface area contributed by atoms with Crippen LogP contribution in [0.3, 0.4) is 0 Å². The molecule has 4 heteroatoms. The SMILES string of the molecule is Fc1cc(Br)cc(CBr)n1. The number of pyridine rings is 1. The Hall–Kier alpha value is 0.0400. The smallest absolute Gasteiger partial charge is 0.214 e. The Balaban J connectivity index is 3.06. The maximum atomic E-state index is 12.5. The molecular formula is C6H4Br2FN. The average molecular weight is 269 g/mol. The van der Waals surface area contributed by atoms with Crippen LogP contribution in [0.2, 0.25) is 0 Å². The molecular weight excluding hydrogens is 265 g/mol. The second-order valence-corrected chi connectivity index (χ2v) is 3.21. The maximum Gasteiger partial charge on any atom is 0.214 e. The normalized spacial score (nSPS) is 9.90. The number of rotatable bonds is 1. The van der Waals surface area contributed by atoms with Crippen LogP contribution >= 0.6 is 31.9 Å². The van der Waals surface area contributed by atoms with Gasteiger partial charge in [0.25, 0.3) is 0 Å². The topological polar surface area (TPSA) is 12.9 Å². The van der Waals surface area contributed by atoms with Crippen molar-refractivity contribution >= 4 is 31.9 Å². The highest BCUT2D eigenvalue weighted by Crippen LogP contribution is 2.13. The maximum absolute atomic E-state index is 12.5. The summed E-state index contributed by atoms with van der Waals surface area (Å²) in [6.07, 6.45) is 0. The van der Waals surface area contributed by atoms with Gasteiger partial charge in [0.05, 0.1) is 5.69 Å². The molecule has 0 spiro atoms. The molecule has 0 atom stereocenters. The summed E-state index contributed by atoms with van der Waals surface area (Å²) in [5, 5.41) is 0.573. The van der Waals surface area contributed by atoms with Crippen molar-refractivity contribution in [3.8, 4) is 0 Å². The van der Waals surface area contributed by atoms with E-state index < -0.39 is 5.95 Å². The molecule has 0 amide bonds. The van der Waals surface area contributed by atoms with Crippen molar-refractivity contribution in [1.82, 2.24) is 4.98 Å². The standard InChI is InChI=1S/C6H4Br2FN/c7-3-5-1-4(8)2-6(9)10-5/h1-2H,3H2. The third kappa shape index (κ3) is 2.02. The first-order chi connectivity index (χ1) is 4.72. The van der Waals surface area contributed by atoms with Gasteiger partial charge >= 0.3 is 0 Å². The van der Waals surface area contributed by atoms with Crippen LogP contribution in [-0.2, 0) is 5.33 Å². The first-order valence-corrected chi connectivity index (χ1v) is 4.52. The zero-order valence-corrected chi connectivity index (χ0v) is 8.11. The summed E-state index contributed by atoms with van der Waals surface area (Å²) in [4.78, 5) is 3.61. The van der Waals surface area contributed by atoms with Gasteiger partial charge in [-0.05, 0) is 6.07 Å². The molecule has 0 aliphatic rings. The Bertz CT molecular complexity index is 219. The van der Waals surface area contributed by atoms with E-state index >= 15 is 0 Å². The fourth-order valence-corrected chi connectivity index (χ4v) is 1.33. The van der Waals surface area contributed by atoms with Crippen molar-refractivity contribution in [2.45, 2.75) is 5.33 Å². The third-order valence-electron chi connectivity index (χ3n) is 0.949. The van der Waals surface area contributed by atoms with Crippen molar-refractivity contribution in [2.75, 3.05) is 0 Å². The molecule has 54 valence electrons. The van der Waals surface area contributed by atoms with Crippen molar-refractivity contribution < 1.29 is 4.39 Å². The summed E-state index contributed by atoms with van der Waals surface area (Å²) in [7, 11) is 0. The van der Waals surface area contributed by atoms with E-state index in [0.29, 0.717) is 11.0 Å². The summed E-state index contributed by atoms with van der Waals surface area (Å²) >= 11 is 6.33. The van der Waals surface area contributed by atoms with Gasteiger partial charge in [-0.3, -0.25) is 0 Å². The highest BCUT2D eigenvalue weighted by Gasteiger charge is 1.97. The molecule has 0 fully saturated rings. The fourth-order valence-electron chi connectivity index (χ4n) is 0.585. The number of alkyl halides is 1. The van der Waals surface area contributed by atoms with Crippen molar-refractivity contribution in [1.29, 1.82) is 0 Å². The Morgan fingerprint density at radius 1 is 1.50 bits per heavy atom. The minimum absolute atomic E-state index is 0.455. The number of aromatic nitrogens is 1. The average Bonchev–Trinajstić information content (AvgIpc) is 1.85. The molecule has 1 aromatic heterocycles. The quantitative estimate of drug-likeness (QED) is 0.564. The molecule has 0 saturated carbocycles. The second-order valence-electron chi connectivity index (χ2n) is 1.73. The first-order valence-electron chi connectivity index (χ1n) is 2.60. The number of halogens is 3. The molecule has 0 aliphatic heterocycles. The number of hydrogen-bond donors (Lipinski definition) is 0. The van der Waals surface area contributed by atoms with Gasteiger partial charge < -0.3 is 0 Å². The molecule has 0 aromatic carbocycles. The van der Waals surface area contributed by atoms with Gasteiger partial charge in [0.2, 0.25) is 5.95 Å². The number of hydrogen-bond acceptors (Lipinski definition) is 1. The lowest BCUT2D eigenvalue weighted by molar-refractivity contribution is 0.578. The zero-order valence-electron chi connectivity index (χ0n) is 4.94. The molecule has 0 radical (unpaired) electrons. The minimum atomic E-state index is -0.455. The van der Waals surface area contributed by atoms with Crippen LogP contribution in [0, 0.1) is 5.95 Å². The fraction of sp³-hybridized carbons (Fsp3) is 0.167. The van der Waals surface area contributed by atoms with E-state index in [-0.39, 0.29) is 0 Å². The number of nitrogens with zero attached hydrogens (tertiary/aromatic N) is 1. The van der Waals surface area contributed by atoms with Gasteiger partial charge in [0, 0.05) is 15.9 Å². The van der Waals surface area contributed by atoms with E-state index in [1.807, 2.05) is 0 Å². The largest absolute Gasteiger partial charge is 0.224 e. The minimum Gasteiger partial charge on any atom is -0.224 e. The molecule has 1 rings (SSSR count). The van der Waals surface area contributed by atoms with Gasteiger partial charge in [0.1, 0.15) is 0 Å². The van der Waals surface area contributed by atoms with E-state index in [1.165, 1.54) is 6.07 Å². The lowest BCUT2D eigenvalue weighted by atomic mass is 10.4. The van der Waals surface area contributed by atoms with Crippen molar-refractivity contribution in [3.63, 3.8) is 0 Å². The van der Waals surface area contributed by atoms with E-state index in [0.717, 1.165) is 4.47 Å². The Labute approximate surface area is 74.9 Å². The van der Waals surface area contributed by atoms with Gasteiger partial charge in [-0.15, -0.1) is 0 Å². The van der Waals surface area contributed by atoms with E-state index in [4.69, 9.17) is 0 Å². The Morgan fingerprint density at radius 2 is 2.20 bits per heavy atom. The molecule has 0 saturated heterocycles. The zero-order chi connectivity index (χ0) is 7.56. The molecule has 0 N–H and O–H groups in total. The summed E-state index contributed by atoms with van der Waals surface area (Å²) in [6.45, 7) is 0. The first kappa shape index (κ1) is 8.14. The van der Waals surface area contributed by atoms with Crippen LogP contribution in [0.25, 0.3) is 0 Å². The summed E-state index contributed by atoms with van der Waals surface area (Å²) < 4.78 is 13.2. The lowest BCUT2D eigenvalue weighted by Crippen LogP contribution is -1.88. The van der Waals surface area contributed by atoms with Crippen LogP contribution in [0.1, 0.15) is 5.69 Å². The molecule has 0 unspecified atom stereocenters. The van der Waals surface area contributed by atoms with Crippen LogP contribution in [0.4, 0.5) is 4.39 Å². The van der Waals surface area contributed by atoms with Crippen LogP contribution in [0.15, 0.2) is 16.6 Å². The second kappa shape index (κ2) is 3.44. The van der Waals surface area contributed by atoms with E-state index in [1.54, 1.807) is 6.07 Å². The summed E-state index contributed by atoms with van der Waals surface area (Å²) in [5.41, 5.74) is 0.687. The molecule has 0 bridgehead atoms. The molecule has 0 aliphatic carbocycles. The predicted molar refractivity (Wildman–Crippen MR) is 44.5 cm³/mol. The predicted octanol–water partition coefficient (Wildman–Crippen LogP) is 2.88. The van der Waals surface area contributed by atoms with E-state index in [9.17, 15) is 4.39 Å². The molecule has 1 nitrogen and oxygen atoms in total.